The van der Waals surface area contributed by atoms with E-state index in [2.05, 4.69) is 32.7 Å². The number of nitrogens with one attached hydrogen (secondary N) is 2. The van der Waals surface area contributed by atoms with Gasteiger partial charge < -0.3 is 15.5 Å². The molecule has 0 bridgehead atoms. The number of thiophene rings is 1. The Morgan fingerprint density at radius 1 is 1.21 bits per heavy atom. The third-order valence-corrected chi connectivity index (χ3v) is 9.79. The van der Waals surface area contributed by atoms with Crippen LogP contribution in [0.5, 0.6) is 0 Å². The van der Waals surface area contributed by atoms with Crippen molar-refractivity contribution < 1.29 is 18.0 Å². The van der Waals surface area contributed by atoms with E-state index in [9.17, 15) is 18.0 Å². The van der Waals surface area contributed by atoms with Gasteiger partial charge in [0.05, 0.1) is 10.6 Å². The number of halogens is 3. The van der Waals surface area contributed by atoms with Gasteiger partial charge in [0, 0.05) is 46.5 Å². The maximum absolute atomic E-state index is 14.0. The van der Waals surface area contributed by atoms with Gasteiger partial charge in [-0.15, -0.1) is 23.1 Å². The van der Waals surface area contributed by atoms with E-state index >= 15 is 0 Å². The molecule has 1 amide bonds. The van der Waals surface area contributed by atoms with Gasteiger partial charge in [-0.05, 0) is 80.3 Å². The van der Waals surface area contributed by atoms with Crippen LogP contribution in [0.3, 0.4) is 0 Å². The van der Waals surface area contributed by atoms with E-state index < -0.39 is 11.7 Å². The first-order valence-electron chi connectivity index (χ1n) is 13.3. The van der Waals surface area contributed by atoms with Gasteiger partial charge in [-0.3, -0.25) is 4.79 Å². The number of thioether (sulfide) groups is 1. The van der Waals surface area contributed by atoms with E-state index in [1.165, 1.54) is 28.0 Å². The number of rotatable bonds is 10. The van der Waals surface area contributed by atoms with Gasteiger partial charge in [0.1, 0.15) is 5.56 Å². The Kier molecular flexibility index (Phi) is 7.32. The second-order valence-electron chi connectivity index (χ2n) is 10.4. The Balaban J connectivity index is 1.28. The fourth-order valence-electron chi connectivity index (χ4n) is 5.06. The molecule has 39 heavy (non-hydrogen) atoms. The van der Waals surface area contributed by atoms with Gasteiger partial charge in [-0.1, -0.05) is 6.07 Å². The maximum Gasteiger partial charge on any atom is 0.420 e. The van der Waals surface area contributed by atoms with Crippen LogP contribution in [-0.4, -0.2) is 46.2 Å². The number of benzene rings is 1. The molecule has 2 N–H and O–H groups in total. The van der Waals surface area contributed by atoms with Gasteiger partial charge in [-0.25, -0.2) is 9.97 Å². The van der Waals surface area contributed by atoms with Crippen LogP contribution in [0, 0.1) is 6.92 Å². The van der Waals surface area contributed by atoms with Crippen molar-refractivity contribution in [1.82, 2.24) is 20.2 Å². The Morgan fingerprint density at radius 2 is 2.03 bits per heavy atom. The Bertz CT molecular complexity index is 1380. The topological polar surface area (TPSA) is 70.2 Å². The van der Waals surface area contributed by atoms with Crippen molar-refractivity contribution in [2.24, 2.45) is 0 Å². The molecule has 2 fully saturated rings. The van der Waals surface area contributed by atoms with Crippen LogP contribution in [0.1, 0.15) is 58.7 Å². The van der Waals surface area contributed by atoms with Crippen molar-refractivity contribution in [3.63, 3.8) is 0 Å². The molecule has 0 spiro atoms. The molecule has 3 aliphatic rings. The molecule has 1 aromatic carbocycles. The number of carbonyl (C=O) groups excluding carboxylic acids is 1. The number of aryl methyl sites for hydroxylation is 1. The minimum Gasteiger partial charge on any atom is -0.341 e. The van der Waals surface area contributed by atoms with Crippen LogP contribution >= 0.6 is 23.1 Å². The molecule has 2 aliphatic carbocycles. The van der Waals surface area contributed by atoms with Crippen LogP contribution in [0.4, 0.5) is 24.8 Å². The molecule has 206 valence electrons. The highest BCUT2D eigenvalue weighted by atomic mass is 32.2. The molecule has 3 heterocycles. The van der Waals surface area contributed by atoms with Crippen molar-refractivity contribution in [3.8, 4) is 10.6 Å². The number of aromatic nitrogens is 2. The summed E-state index contributed by atoms with van der Waals surface area (Å²) in [7, 11) is 0. The average molecular weight is 574 g/mol. The minimum absolute atomic E-state index is 0.109. The molecule has 1 aliphatic heterocycles. The molecule has 0 atom stereocenters. The summed E-state index contributed by atoms with van der Waals surface area (Å²) in [6, 6.07) is 6.48. The number of nitrogens with zero attached hydrogens (tertiary/aromatic N) is 3. The van der Waals surface area contributed by atoms with Gasteiger partial charge in [0.2, 0.25) is 12.4 Å². The third-order valence-electron chi connectivity index (χ3n) is 7.48. The fraction of sp³-hybridized carbons (Fsp3) is 0.464. The zero-order chi connectivity index (χ0) is 27.1. The quantitative estimate of drug-likeness (QED) is 0.213. The summed E-state index contributed by atoms with van der Waals surface area (Å²) in [4.78, 5) is 24.0. The number of anilines is 2. The molecule has 0 radical (unpaired) electrons. The number of amides is 1. The van der Waals surface area contributed by atoms with Crippen LogP contribution in [0.2, 0.25) is 0 Å². The van der Waals surface area contributed by atoms with Crippen molar-refractivity contribution in [2.75, 3.05) is 24.2 Å². The van der Waals surface area contributed by atoms with E-state index in [4.69, 9.17) is 0 Å². The summed E-state index contributed by atoms with van der Waals surface area (Å²) in [6.45, 7) is 4.27. The van der Waals surface area contributed by atoms with E-state index in [0.717, 1.165) is 73.3 Å². The van der Waals surface area contributed by atoms with E-state index in [1.807, 2.05) is 11.8 Å². The number of hydrogen-bond acceptors (Lipinski definition) is 7. The molecule has 11 heteroatoms. The van der Waals surface area contributed by atoms with Gasteiger partial charge in [-0.2, -0.15) is 13.2 Å². The van der Waals surface area contributed by atoms with Gasteiger partial charge in [0.25, 0.3) is 0 Å². The molecule has 6 nitrogen and oxygen atoms in total. The summed E-state index contributed by atoms with van der Waals surface area (Å²) in [5.74, 6) is 1.32. The SMILES string of the molecule is Cc1sc(-c2nc(Nc3cc4c(cc3C3CC3)CNCC4)ncc2C(F)(F)F)cc1SCCN(C=O)C1CC1. The predicted octanol–water partition coefficient (Wildman–Crippen LogP) is 6.51. The molecule has 2 aromatic heterocycles. The minimum atomic E-state index is -4.58. The highest BCUT2D eigenvalue weighted by Crippen LogP contribution is 2.46. The van der Waals surface area contributed by atoms with Crippen LogP contribution < -0.4 is 10.6 Å². The van der Waals surface area contributed by atoms with Gasteiger partial charge >= 0.3 is 6.18 Å². The van der Waals surface area contributed by atoms with Crippen molar-refractivity contribution in [2.45, 2.75) is 68.6 Å². The average Bonchev–Trinajstić information content (AvgIpc) is 3.84. The fourth-order valence-corrected chi connectivity index (χ4v) is 7.29. The summed E-state index contributed by atoms with van der Waals surface area (Å²) >= 11 is 2.86. The third kappa shape index (κ3) is 5.95. The number of carbonyl (C=O) groups is 1. The monoisotopic (exact) mass is 573 g/mol. The first-order valence-corrected chi connectivity index (χ1v) is 15.1. The van der Waals surface area contributed by atoms with E-state index in [-0.39, 0.29) is 11.6 Å². The van der Waals surface area contributed by atoms with Crippen LogP contribution in [0.25, 0.3) is 10.6 Å². The maximum atomic E-state index is 14.0. The lowest BCUT2D eigenvalue weighted by molar-refractivity contribution is -0.137. The number of hydrogen-bond donors (Lipinski definition) is 2. The lowest BCUT2D eigenvalue weighted by Crippen LogP contribution is -2.26. The Labute approximate surface area is 233 Å². The summed E-state index contributed by atoms with van der Waals surface area (Å²) in [6.07, 6.45) is 2.42. The standard InChI is InChI=1S/C28H30F3N5OS2/c1-16-24(38-9-8-36(15-37)20-4-5-20)12-25(39-16)26-22(28(29,30)31)14-33-27(35-26)34-23-11-18-6-7-32-13-19(18)10-21(23)17-2-3-17/h10-12,14-15,17,20,32H,2-9,13H2,1H3,(H,33,34,35). The first kappa shape index (κ1) is 26.6. The second-order valence-corrected chi connectivity index (χ2v) is 12.8. The molecule has 0 unspecified atom stereocenters. The molecule has 3 aromatic rings. The summed E-state index contributed by atoms with van der Waals surface area (Å²) < 4.78 is 42.1. The van der Waals surface area contributed by atoms with Crippen LogP contribution in [0.15, 0.2) is 29.3 Å². The molecule has 0 saturated heterocycles. The highest BCUT2D eigenvalue weighted by molar-refractivity contribution is 7.99. The Morgan fingerprint density at radius 3 is 2.74 bits per heavy atom. The largest absolute Gasteiger partial charge is 0.420 e. The van der Waals surface area contributed by atoms with Gasteiger partial charge in [0.15, 0.2) is 0 Å². The Hall–Kier alpha value is -2.63. The molecule has 2 saturated carbocycles. The predicted molar refractivity (Wildman–Crippen MR) is 149 cm³/mol. The highest BCUT2D eigenvalue weighted by Gasteiger charge is 2.36. The smallest absolute Gasteiger partial charge is 0.341 e. The molecular formula is C28H30F3N5OS2. The lowest BCUT2D eigenvalue weighted by Gasteiger charge is -2.21. The number of alkyl halides is 3. The van der Waals surface area contributed by atoms with E-state index in [0.29, 0.717) is 29.1 Å². The first-order chi connectivity index (χ1) is 18.8. The lowest BCUT2D eigenvalue weighted by atomic mass is 9.95. The molecule has 6 rings (SSSR count). The summed E-state index contributed by atoms with van der Waals surface area (Å²) in [5, 5.41) is 6.68. The molecular weight excluding hydrogens is 543 g/mol. The zero-order valence-electron chi connectivity index (χ0n) is 21.6. The van der Waals surface area contributed by atoms with Crippen LogP contribution in [-0.2, 0) is 23.9 Å². The summed E-state index contributed by atoms with van der Waals surface area (Å²) in [5.41, 5.74) is 3.66. The van der Waals surface area contributed by atoms with Crippen molar-refractivity contribution >= 4 is 41.1 Å². The zero-order valence-corrected chi connectivity index (χ0v) is 23.2. The van der Waals surface area contributed by atoms with E-state index in [1.54, 1.807) is 17.8 Å². The number of fused-ring (bicyclic) bond motifs is 1. The van der Waals surface area contributed by atoms with Crippen molar-refractivity contribution in [3.05, 3.63) is 51.5 Å². The second kappa shape index (κ2) is 10.7. The normalized spacial score (nSPS) is 17.1. The van der Waals surface area contributed by atoms with Crippen molar-refractivity contribution in [1.29, 1.82) is 0 Å².